The monoisotopic (exact) mass is 265 g/mol. The lowest BCUT2D eigenvalue weighted by molar-refractivity contribution is 0.526. The minimum atomic E-state index is 0.707. The third-order valence-electron chi connectivity index (χ3n) is 3.31. The zero-order valence-electron chi connectivity index (χ0n) is 13.0. The van der Waals surface area contributed by atoms with Crippen LogP contribution in [0.25, 0.3) is 0 Å². The molecule has 3 nitrogen and oxygen atoms in total. The summed E-state index contributed by atoms with van der Waals surface area (Å²) in [6.07, 6.45) is 12.2. The molecule has 110 valence electrons. The van der Waals surface area contributed by atoms with Crippen molar-refractivity contribution in [3.05, 3.63) is 18.0 Å². The van der Waals surface area contributed by atoms with Crippen LogP contribution in [-0.2, 0) is 13.1 Å². The van der Waals surface area contributed by atoms with Gasteiger partial charge in [-0.05, 0) is 18.9 Å². The molecule has 0 aromatic carbocycles. The molecule has 0 fully saturated rings. The summed E-state index contributed by atoms with van der Waals surface area (Å²) in [5, 5.41) is 7.88. The van der Waals surface area contributed by atoms with E-state index in [0.717, 1.165) is 19.6 Å². The number of aryl methyl sites for hydroxylation is 1. The summed E-state index contributed by atoms with van der Waals surface area (Å²) in [4.78, 5) is 0. The van der Waals surface area contributed by atoms with E-state index in [1.807, 2.05) is 6.20 Å². The Balaban J connectivity index is 2.09. The number of aromatic nitrogens is 2. The molecule has 19 heavy (non-hydrogen) atoms. The van der Waals surface area contributed by atoms with E-state index in [9.17, 15) is 0 Å². The Labute approximate surface area is 118 Å². The highest BCUT2D eigenvalue weighted by atomic mass is 15.3. The summed E-state index contributed by atoms with van der Waals surface area (Å²) < 4.78 is 2.09. The first-order chi connectivity index (χ1) is 9.22. The van der Waals surface area contributed by atoms with E-state index >= 15 is 0 Å². The first-order valence-electron chi connectivity index (χ1n) is 7.94. The SMILES string of the molecule is CCCCCCCCn1cc(CNCC(C)C)cn1. The highest BCUT2D eigenvalue weighted by Crippen LogP contribution is 2.06. The number of hydrogen-bond acceptors (Lipinski definition) is 2. The average Bonchev–Trinajstić information content (AvgIpc) is 2.81. The molecule has 0 saturated heterocycles. The summed E-state index contributed by atoms with van der Waals surface area (Å²) in [6.45, 7) is 9.80. The van der Waals surface area contributed by atoms with Gasteiger partial charge in [-0.1, -0.05) is 52.9 Å². The quantitative estimate of drug-likeness (QED) is 0.613. The number of unbranched alkanes of at least 4 members (excludes halogenated alkanes) is 5. The van der Waals surface area contributed by atoms with Crippen LogP contribution in [0.2, 0.25) is 0 Å². The fourth-order valence-electron chi connectivity index (χ4n) is 2.18. The standard InChI is InChI=1S/C16H31N3/c1-4-5-6-7-8-9-10-19-14-16(13-18-19)12-17-11-15(2)3/h13-15,17H,4-12H2,1-3H3. The molecular formula is C16H31N3. The molecule has 1 N–H and O–H groups in total. The van der Waals surface area contributed by atoms with Crippen LogP contribution >= 0.6 is 0 Å². The lowest BCUT2D eigenvalue weighted by atomic mass is 10.1. The van der Waals surface area contributed by atoms with Crippen LogP contribution in [0.4, 0.5) is 0 Å². The van der Waals surface area contributed by atoms with Crippen LogP contribution in [0, 0.1) is 5.92 Å². The van der Waals surface area contributed by atoms with Crippen molar-refractivity contribution in [2.45, 2.75) is 72.4 Å². The van der Waals surface area contributed by atoms with Gasteiger partial charge in [0.2, 0.25) is 0 Å². The second kappa shape index (κ2) is 10.0. The summed E-state index contributed by atoms with van der Waals surface area (Å²) in [5.41, 5.74) is 1.30. The Morgan fingerprint density at radius 1 is 1.16 bits per heavy atom. The minimum Gasteiger partial charge on any atom is -0.312 e. The molecule has 0 spiro atoms. The van der Waals surface area contributed by atoms with Gasteiger partial charge >= 0.3 is 0 Å². The predicted molar refractivity (Wildman–Crippen MR) is 82.1 cm³/mol. The summed E-state index contributed by atoms with van der Waals surface area (Å²) in [6, 6.07) is 0. The van der Waals surface area contributed by atoms with Gasteiger partial charge < -0.3 is 5.32 Å². The van der Waals surface area contributed by atoms with Crippen molar-refractivity contribution in [3.8, 4) is 0 Å². The van der Waals surface area contributed by atoms with Crippen molar-refractivity contribution in [2.75, 3.05) is 6.54 Å². The Hall–Kier alpha value is -0.830. The van der Waals surface area contributed by atoms with E-state index in [0.29, 0.717) is 5.92 Å². The molecule has 0 saturated carbocycles. The highest BCUT2D eigenvalue weighted by molar-refractivity contribution is 5.03. The zero-order chi connectivity index (χ0) is 13.9. The van der Waals surface area contributed by atoms with Crippen molar-refractivity contribution in [2.24, 2.45) is 5.92 Å². The highest BCUT2D eigenvalue weighted by Gasteiger charge is 1.99. The van der Waals surface area contributed by atoms with Crippen molar-refractivity contribution in [1.29, 1.82) is 0 Å². The fourth-order valence-corrected chi connectivity index (χ4v) is 2.18. The molecule has 1 rings (SSSR count). The second-order valence-electron chi connectivity index (χ2n) is 5.90. The summed E-state index contributed by atoms with van der Waals surface area (Å²) >= 11 is 0. The fraction of sp³-hybridized carbons (Fsp3) is 0.812. The van der Waals surface area contributed by atoms with Crippen molar-refractivity contribution >= 4 is 0 Å². The smallest absolute Gasteiger partial charge is 0.0534 e. The Morgan fingerprint density at radius 2 is 1.89 bits per heavy atom. The van der Waals surface area contributed by atoms with Crippen molar-refractivity contribution in [1.82, 2.24) is 15.1 Å². The molecule has 0 aliphatic carbocycles. The lowest BCUT2D eigenvalue weighted by Gasteiger charge is -2.05. The third-order valence-corrected chi connectivity index (χ3v) is 3.31. The van der Waals surface area contributed by atoms with Gasteiger partial charge in [0.25, 0.3) is 0 Å². The molecule has 0 unspecified atom stereocenters. The molecule has 0 aliphatic heterocycles. The lowest BCUT2D eigenvalue weighted by Crippen LogP contribution is -2.18. The molecule has 0 atom stereocenters. The van der Waals surface area contributed by atoms with Crippen LogP contribution in [0.15, 0.2) is 12.4 Å². The van der Waals surface area contributed by atoms with E-state index in [4.69, 9.17) is 0 Å². The first-order valence-corrected chi connectivity index (χ1v) is 7.94. The normalized spacial score (nSPS) is 11.4. The van der Waals surface area contributed by atoms with Gasteiger partial charge in [0, 0.05) is 24.8 Å². The van der Waals surface area contributed by atoms with Gasteiger partial charge in [-0.15, -0.1) is 0 Å². The molecule has 3 heteroatoms. The molecule has 0 amide bonds. The van der Waals surface area contributed by atoms with Crippen LogP contribution in [0.3, 0.4) is 0 Å². The van der Waals surface area contributed by atoms with E-state index in [2.05, 4.69) is 42.1 Å². The predicted octanol–water partition coefficient (Wildman–Crippen LogP) is 3.99. The number of nitrogens with zero attached hydrogens (tertiary/aromatic N) is 2. The first kappa shape index (κ1) is 16.2. The Kier molecular flexibility index (Phi) is 8.55. The van der Waals surface area contributed by atoms with Gasteiger partial charge in [0.15, 0.2) is 0 Å². The molecule has 0 aliphatic rings. The average molecular weight is 265 g/mol. The van der Waals surface area contributed by atoms with Gasteiger partial charge in [0.05, 0.1) is 6.20 Å². The Morgan fingerprint density at radius 3 is 2.63 bits per heavy atom. The van der Waals surface area contributed by atoms with Gasteiger partial charge in [-0.3, -0.25) is 4.68 Å². The van der Waals surface area contributed by atoms with E-state index < -0.39 is 0 Å². The number of rotatable bonds is 11. The topological polar surface area (TPSA) is 29.9 Å². The maximum absolute atomic E-state index is 4.42. The van der Waals surface area contributed by atoms with E-state index in [1.54, 1.807) is 0 Å². The molecule has 1 aromatic heterocycles. The van der Waals surface area contributed by atoms with Crippen LogP contribution < -0.4 is 5.32 Å². The van der Waals surface area contributed by atoms with Gasteiger partial charge in [-0.2, -0.15) is 5.10 Å². The Bertz CT molecular complexity index is 318. The van der Waals surface area contributed by atoms with Crippen LogP contribution in [0.5, 0.6) is 0 Å². The number of hydrogen-bond donors (Lipinski definition) is 1. The maximum atomic E-state index is 4.42. The van der Waals surface area contributed by atoms with E-state index in [1.165, 1.54) is 44.1 Å². The number of nitrogens with one attached hydrogen (secondary N) is 1. The summed E-state index contributed by atoms with van der Waals surface area (Å²) in [7, 11) is 0. The second-order valence-corrected chi connectivity index (χ2v) is 5.90. The molecule has 0 radical (unpaired) electrons. The molecule has 1 heterocycles. The summed E-state index contributed by atoms with van der Waals surface area (Å²) in [5.74, 6) is 0.707. The van der Waals surface area contributed by atoms with Gasteiger partial charge in [-0.25, -0.2) is 0 Å². The molecular weight excluding hydrogens is 234 g/mol. The van der Waals surface area contributed by atoms with E-state index in [-0.39, 0.29) is 0 Å². The molecule has 1 aromatic rings. The van der Waals surface area contributed by atoms with Crippen molar-refractivity contribution in [3.63, 3.8) is 0 Å². The largest absolute Gasteiger partial charge is 0.312 e. The van der Waals surface area contributed by atoms with Crippen LogP contribution in [-0.4, -0.2) is 16.3 Å². The minimum absolute atomic E-state index is 0.707. The molecule has 0 bridgehead atoms. The van der Waals surface area contributed by atoms with Crippen LogP contribution in [0.1, 0.15) is 64.9 Å². The third kappa shape index (κ3) is 8.04. The van der Waals surface area contributed by atoms with Gasteiger partial charge in [0.1, 0.15) is 0 Å². The maximum Gasteiger partial charge on any atom is 0.0534 e. The van der Waals surface area contributed by atoms with Crippen molar-refractivity contribution < 1.29 is 0 Å². The zero-order valence-corrected chi connectivity index (χ0v) is 13.0.